The number of nitrogen functional groups attached to an aromatic ring is 1. The van der Waals surface area contributed by atoms with Crippen molar-refractivity contribution < 1.29 is 0 Å². The van der Waals surface area contributed by atoms with Crippen LogP contribution in [0.3, 0.4) is 0 Å². The molecule has 0 saturated carbocycles. The van der Waals surface area contributed by atoms with Gasteiger partial charge in [0.25, 0.3) is 0 Å². The summed E-state index contributed by atoms with van der Waals surface area (Å²) in [5.41, 5.74) is 7.18. The van der Waals surface area contributed by atoms with Gasteiger partial charge in [-0.25, -0.2) is 0 Å². The zero-order valence-electron chi connectivity index (χ0n) is 8.13. The monoisotopic (exact) mass is 286 g/mol. The van der Waals surface area contributed by atoms with Crippen molar-refractivity contribution in [3.05, 3.63) is 22.3 Å². The molecule has 1 aromatic heterocycles. The smallest absolute Gasteiger partial charge is 0.166 e. The molecule has 2 aromatic rings. The van der Waals surface area contributed by atoms with Gasteiger partial charge < -0.3 is 5.73 Å². The lowest BCUT2D eigenvalue weighted by Gasteiger charge is -2.07. The van der Waals surface area contributed by atoms with Gasteiger partial charge in [-0.15, -0.1) is 9.90 Å². The first kappa shape index (κ1) is 10.7. The largest absolute Gasteiger partial charge is 0.381 e. The standard InChI is InChI=1S/C8H4Cl2N6S/c9-3-1-4(10)8(7-6(3)14-17-15-7)16-12-2-5(11)13-16/h1-2H,(H2,11,13). The fraction of sp³-hybridized carbons (Fsp3) is 0. The predicted molar refractivity (Wildman–Crippen MR) is 67.3 cm³/mol. The van der Waals surface area contributed by atoms with Crippen LogP contribution in [0.1, 0.15) is 0 Å². The molecular formula is C8H4Cl2N6S. The summed E-state index contributed by atoms with van der Waals surface area (Å²) in [7, 11) is 0. The Kier molecular flexibility index (Phi) is 2.39. The van der Waals surface area contributed by atoms with Crippen LogP contribution >= 0.6 is 23.2 Å². The number of aromatic nitrogens is 3. The van der Waals surface area contributed by atoms with Gasteiger partial charge >= 0.3 is 0 Å². The molecule has 0 aliphatic carbocycles. The minimum Gasteiger partial charge on any atom is -0.381 e. The minimum absolute atomic E-state index is 0.298. The van der Waals surface area contributed by atoms with Crippen molar-refractivity contribution in [1.29, 1.82) is 0 Å². The van der Waals surface area contributed by atoms with Crippen molar-refractivity contribution >= 4 is 51.7 Å². The van der Waals surface area contributed by atoms with Gasteiger partial charge in [0.1, 0.15) is 17.1 Å². The van der Waals surface area contributed by atoms with Gasteiger partial charge in [0, 0.05) is 0 Å². The maximum absolute atomic E-state index is 6.12. The molecule has 1 aliphatic heterocycles. The lowest BCUT2D eigenvalue weighted by atomic mass is 10.2. The number of nitrogens with zero attached hydrogens (tertiary/aromatic N) is 5. The minimum atomic E-state index is 0.298. The summed E-state index contributed by atoms with van der Waals surface area (Å²) in [5, 5.41) is 8.83. The predicted octanol–water partition coefficient (Wildman–Crippen LogP) is 2.88. The third-order valence-electron chi connectivity index (χ3n) is 2.13. The Bertz CT molecular complexity index is 688. The normalized spacial score (nSPS) is 12.6. The van der Waals surface area contributed by atoms with Gasteiger partial charge in [-0.05, 0) is 6.07 Å². The summed E-state index contributed by atoms with van der Waals surface area (Å²) in [6.07, 6.45) is 1.43. The lowest BCUT2D eigenvalue weighted by Crippen LogP contribution is -2.01. The van der Waals surface area contributed by atoms with E-state index in [-0.39, 0.29) is 0 Å². The van der Waals surface area contributed by atoms with Crippen molar-refractivity contribution in [3.8, 4) is 5.69 Å². The number of fused-ring (bicyclic) bond motifs is 1. The Morgan fingerprint density at radius 1 is 1.18 bits per heavy atom. The number of nitrogens with two attached hydrogens (primary N) is 1. The summed E-state index contributed by atoms with van der Waals surface area (Å²) in [5.74, 6) is 0.298. The number of halogens is 2. The van der Waals surface area contributed by atoms with Gasteiger partial charge in [-0.2, -0.15) is 13.8 Å². The molecule has 86 valence electrons. The Morgan fingerprint density at radius 2 is 1.94 bits per heavy atom. The molecule has 9 heteroatoms. The lowest BCUT2D eigenvalue weighted by molar-refractivity contribution is 0.756. The molecule has 3 rings (SSSR count). The van der Waals surface area contributed by atoms with E-state index in [9.17, 15) is 0 Å². The van der Waals surface area contributed by atoms with Gasteiger partial charge in [-0.3, -0.25) is 0 Å². The fourth-order valence-corrected chi connectivity index (χ4v) is 2.62. The Morgan fingerprint density at radius 3 is 2.65 bits per heavy atom. The van der Waals surface area contributed by atoms with Crippen LogP contribution in [0.5, 0.6) is 0 Å². The third-order valence-corrected chi connectivity index (χ3v) is 3.23. The number of rotatable bonds is 1. The second kappa shape index (κ2) is 3.80. The van der Waals surface area contributed by atoms with Crippen molar-refractivity contribution in [2.45, 2.75) is 0 Å². The summed E-state index contributed by atoms with van der Waals surface area (Å²) in [4.78, 5) is 1.32. The molecule has 0 fully saturated rings. The second-order valence-electron chi connectivity index (χ2n) is 3.21. The van der Waals surface area contributed by atoms with Crippen LogP contribution in [-0.2, 0) is 11.4 Å². The van der Waals surface area contributed by atoms with Gasteiger partial charge in [0.15, 0.2) is 5.82 Å². The van der Waals surface area contributed by atoms with Crippen molar-refractivity contribution in [1.82, 2.24) is 15.0 Å². The number of hydrogen-bond donors (Lipinski definition) is 1. The molecule has 0 bridgehead atoms. The molecule has 0 atom stereocenters. The second-order valence-corrected chi connectivity index (χ2v) is 4.55. The molecular weight excluding hydrogens is 283 g/mol. The zero-order valence-corrected chi connectivity index (χ0v) is 10.5. The van der Waals surface area contributed by atoms with E-state index in [4.69, 9.17) is 28.9 Å². The quantitative estimate of drug-likeness (QED) is 0.747. The maximum Gasteiger partial charge on any atom is 0.166 e. The number of benzene rings is 1. The summed E-state index contributed by atoms with van der Waals surface area (Å²) in [6, 6.07) is 1.59. The first-order chi connectivity index (χ1) is 8.16. The topological polar surface area (TPSA) is 81.5 Å². The van der Waals surface area contributed by atoms with E-state index in [0.717, 1.165) is 11.4 Å². The van der Waals surface area contributed by atoms with Crippen molar-refractivity contribution in [2.24, 2.45) is 8.73 Å². The number of anilines is 1. The maximum atomic E-state index is 6.12. The van der Waals surface area contributed by atoms with Gasteiger partial charge in [0.2, 0.25) is 0 Å². The first-order valence-electron chi connectivity index (χ1n) is 4.45. The van der Waals surface area contributed by atoms with Crippen LogP contribution in [0.4, 0.5) is 17.2 Å². The van der Waals surface area contributed by atoms with Crippen LogP contribution in [0.25, 0.3) is 5.69 Å². The summed E-state index contributed by atoms with van der Waals surface area (Å²) in [6.45, 7) is 0. The van der Waals surface area contributed by atoms with E-state index in [1.165, 1.54) is 11.0 Å². The summed E-state index contributed by atoms with van der Waals surface area (Å²) >= 11 is 13.2. The zero-order chi connectivity index (χ0) is 12.0. The van der Waals surface area contributed by atoms with E-state index in [1.807, 2.05) is 0 Å². The Hall–Kier alpha value is -1.44. The molecule has 17 heavy (non-hydrogen) atoms. The highest BCUT2D eigenvalue weighted by molar-refractivity contribution is 7.58. The molecule has 6 nitrogen and oxygen atoms in total. The molecule has 1 aromatic carbocycles. The first-order valence-corrected chi connectivity index (χ1v) is 5.94. The molecule has 2 heterocycles. The van der Waals surface area contributed by atoms with Gasteiger partial charge in [-0.1, -0.05) is 23.2 Å². The highest BCUT2D eigenvalue weighted by Gasteiger charge is 2.21. The average molecular weight is 287 g/mol. The van der Waals surface area contributed by atoms with Crippen LogP contribution in [-0.4, -0.2) is 15.0 Å². The molecule has 0 unspecified atom stereocenters. The van der Waals surface area contributed by atoms with E-state index in [0.29, 0.717) is 32.9 Å². The molecule has 0 amide bonds. The highest BCUT2D eigenvalue weighted by atomic mass is 35.5. The van der Waals surface area contributed by atoms with E-state index in [1.54, 1.807) is 6.07 Å². The van der Waals surface area contributed by atoms with Crippen molar-refractivity contribution in [3.63, 3.8) is 0 Å². The molecule has 0 saturated heterocycles. The molecule has 2 N–H and O–H groups in total. The van der Waals surface area contributed by atoms with E-state index >= 15 is 0 Å². The van der Waals surface area contributed by atoms with Crippen LogP contribution in [0, 0.1) is 0 Å². The molecule has 1 aliphatic rings. The van der Waals surface area contributed by atoms with Crippen molar-refractivity contribution in [2.75, 3.05) is 5.73 Å². The fourth-order valence-electron chi connectivity index (χ4n) is 1.43. The van der Waals surface area contributed by atoms with Gasteiger partial charge in [0.05, 0.1) is 27.6 Å². The van der Waals surface area contributed by atoms with E-state index < -0.39 is 0 Å². The molecule has 0 spiro atoms. The van der Waals surface area contributed by atoms with Crippen LogP contribution in [0.15, 0.2) is 21.0 Å². The SMILES string of the molecule is Nc1cnn(-c2c(Cl)cc(Cl)c3c2N=S=N3)n1. The summed E-state index contributed by atoms with van der Waals surface area (Å²) < 4.78 is 8.24. The van der Waals surface area contributed by atoms with Crippen LogP contribution < -0.4 is 5.73 Å². The Balaban J connectivity index is 2.31. The molecule has 0 radical (unpaired) electrons. The Labute approximate surface area is 109 Å². The third kappa shape index (κ3) is 1.63. The average Bonchev–Trinajstić information content (AvgIpc) is 2.87. The van der Waals surface area contributed by atoms with Crippen LogP contribution in [0.2, 0.25) is 10.0 Å². The number of hydrogen-bond acceptors (Lipinski definition) is 5. The van der Waals surface area contributed by atoms with E-state index in [2.05, 4.69) is 18.9 Å². The highest BCUT2D eigenvalue weighted by Crippen LogP contribution is 2.45.